The van der Waals surface area contributed by atoms with Gasteiger partial charge in [-0.3, -0.25) is 4.79 Å². The number of nitrogens with one attached hydrogen (secondary N) is 1. The molecule has 1 aromatic rings. The molecule has 4 nitrogen and oxygen atoms in total. The van der Waals surface area contributed by atoms with Crippen molar-refractivity contribution in [2.75, 3.05) is 7.11 Å². The number of ether oxygens (including phenoxy) is 1. The number of hydrogen-bond donors (Lipinski definition) is 2. The summed E-state index contributed by atoms with van der Waals surface area (Å²) in [5.74, 6) is -0.452. The summed E-state index contributed by atoms with van der Waals surface area (Å²) in [5, 5.41) is 8.70. The van der Waals surface area contributed by atoms with Crippen LogP contribution in [0.2, 0.25) is 0 Å². The second kappa shape index (κ2) is 4.19. The van der Waals surface area contributed by atoms with Crippen LogP contribution in [-0.4, -0.2) is 17.2 Å². The topological polar surface area (TPSA) is 62.3 Å². The molecule has 1 rings (SSSR count). The molecule has 0 amide bonds. The lowest BCUT2D eigenvalue weighted by Gasteiger charge is -2.07. The summed E-state index contributed by atoms with van der Waals surface area (Å²) in [5.41, 5.74) is -1.30. The highest BCUT2D eigenvalue weighted by Gasteiger charge is 2.18. The van der Waals surface area contributed by atoms with Crippen LogP contribution in [0.5, 0.6) is 5.75 Å². The van der Waals surface area contributed by atoms with Crippen molar-refractivity contribution in [2.45, 2.75) is 13.0 Å². The first-order valence-electron chi connectivity index (χ1n) is 3.79. The highest BCUT2D eigenvalue weighted by atomic mass is 19.3. The highest BCUT2D eigenvalue weighted by molar-refractivity contribution is 5.32. The van der Waals surface area contributed by atoms with Crippen LogP contribution in [0.15, 0.2) is 11.0 Å². The predicted octanol–water partition coefficient (Wildman–Crippen LogP) is 0.813. The molecule has 0 saturated carbocycles. The van der Waals surface area contributed by atoms with Gasteiger partial charge < -0.3 is 14.8 Å². The maximum atomic E-state index is 12.3. The van der Waals surface area contributed by atoms with E-state index in [1.807, 2.05) is 0 Å². The molecule has 0 aliphatic heterocycles. The Morgan fingerprint density at radius 3 is 2.71 bits per heavy atom. The number of rotatable bonds is 3. The molecule has 0 aromatic carbocycles. The predicted molar refractivity (Wildman–Crippen MR) is 44.5 cm³/mol. The van der Waals surface area contributed by atoms with Crippen molar-refractivity contribution >= 4 is 0 Å². The fraction of sp³-hybridized carbons (Fsp3) is 0.375. The Labute approximate surface area is 78.1 Å². The average Bonchev–Trinajstić information content (AvgIpc) is 2.17. The van der Waals surface area contributed by atoms with Crippen LogP contribution in [0, 0.1) is 0 Å². The minimum Gasteiger partial charge on any atom is -0.491 e. The lowest BCUT2D eigenvalue weighted by molar-refractivity contribution is 0.141. The van der Waals surface area contributed by atoms with E-state index in [0.717, 1.165) is 13.3 Å². The monoisotopic (exact) mass is 205 g/mol. The summed E-state index contributed by atoms with van der Waals surface area (Å²) in [6.45, 7) is -0.519. The molecule has 0 aliphatic carbocycles. The summed E-state index contributed by atoms with van der Waals surface area (Å²) >= 11 is 0. The molecule has 0 atom stereocenters. The smallest absolute Gasteiger partial charge is 0.282 e. The van der Waals surface area contributed by atoms with E-state index in [1.165, 1.54) is 0 Å². The third-order valence-electron chi connectivity index (χ3n) is 1.74. The highest BCUT2D eigenvalue weighted by Crippen LogP contribution is 2.23. The molecule has 1 aromatic heterocycles. The van der Waals surface area contributed by atoms with Crippen LogP contribution < -0.4 is 10.2 Å². The number of H-pyrrole nitrogens is 1. The van der Waals surface area contributed by atoms with Crippen LogP contribution in [0.1, 0.15) is 17.7 Å². The Morgan fingerprint density at radius 2 is 2.29 bits per heavy atom. The minimum absolute atomic E-state index is 0.00810. The molecule has 0 spiro atoms. The number of hydrogen-bond acceptors (Lipinski definition) is 3. The Hall–Kier alpha value is -1.43. The Kier molecular flexibility index (Phi) is 3.19. The normalized spacial score (nSPS) is 10.6. The zero-order valence-electron chi connectivity index (χ0n) is 7.38. The van der Waals surface area contributed by atoms with Crippen molar-refractivity contribution in [2.24, 2.45) is 0 Å². The van der Waals surface area contributed by atoms with E-state index >= 15 is 0 Å². The van der Waals surface area contributed by atoms with Gasteiger partial charge in [0.05, 0.1) is 13.7 Å². The molecule has 78 valence electrons. The number of aromatic nitrogens is 1. The summed E-state index contributed by atoms with van der Waals surface area (Å²) in [4.78, 5) is 13.5. The largest absolute Gasteiger partial charge is 0.491 e. The molecule has 2 N–H and O–H groups in total. The van der Waals surface area contributed by atoms with E-state index in [-0.39, 0.29) is 5.56 Å². The van der Waals surface area contributed by atoms with E-state index < -0.39 is 29.9 Å². The van der Waals surface area contributed by atoms with Gasteiger partial charge in [-0.25, -0.2) is 8.78 Å². The fourth-order valence-electron chi connectivity index (χ4n) is 1.05. The zero-order valence-corrected chi connectivity index (χ0v) is 7.38. The molecular formula is C8H9F2NO3. The number of halogens is 2. The van der Waals surface area contributed by atoms with Crippen LogP contribution in [0.3, 0.4) is 0 Å². The number of pyridine rings is 1. The Balaban J connectivity index is 3.36. The van der Waals surface area contributed by atoms with Gasteiger partial charge in [0.15, 0.2) is 5.75 Å². The number of methoxy groups -OCH3 is 1. The number of alkyl halides is 2. The summed E-state index contributed by atoms with van der Waals surface area (Å²) in [6, 6.07) is 0. The minimum atomic E-state index is -2.81. The first-order chi connectivity index (χ1) is 6.61. The van der Waals surface area contributed by atoms with E-state index in [1.54, 1.807) is 0 Å². The first kappa shape index (κ1) is 10.6. The lowest BCUT2D eigenvalue weighted by atomic mass is 10.2. The van der Waals surface area contributed by atoms with Crippen molar-refractivity contribution in [3.8, 4) is 5.75 Å². The van der Waals surface area contributed by atoms with E-state index in [2.05, 4.69) is 9.72 Å². The number of aromatic amines is 1. The van der Waals surface area contributed by atoms with E-state index in [9.17, 15) is 13.6 Å². The summed E-state index contributed by atoms with van der Waals surface area (Å²) in [7, 11) is 1.12. The molecule has 1 heterocycles. The van der Waals surface area contributed by atoms with Gasteiger partial charge in [0.2, 0.25) is 5.43 Å². The van der Waals surface area contributed by atoms with Gasteiger partial charge in [0, 0.05) is 11.8 Å². The third kappa shape index (κ3) is 1.74. The van der Waals surface area contributed by atoms with Gasteiger partial charge in [-0.1, -0.05) is 0 Å². The van der Waals surface area contributed by atoms with Gasteiger partial charge in [0.1, 0.15) is 5.69 Å². The molecule has 0 aliphatic rings. The van der Waals surface area contributed by atoms with E-state index in [4.69, 9.17) is 5.11 Å². The second-order valence-corrected chi connectivity index (χ2v) is 2.55. The molecule has 0 radical (unpaired) electrons. The van der Waals surface area contributed by atoms with Crippen LogP contribution in [0.25, 0.3) is 0 Å². The second-order valence-electron chi connectivity index (χ2n) is 2.55. The lowest BCUT2D eigenvalue weighted by Crippen LogP contribution is -2.15. The van der Waals surface area contributed by atoms with Crippen LogP contribution in [-0.2, 0) is 6.61 Å². The van der Waals surface area contributed by atoms with E-state index in [0.29, 0.717) is 0 Å². The van der Waals surface area contributed by atoms with Crippen LogP contribution >= 0.6 is 0 Å². The standard InChI is InChI=1S/C8H9F2NO3/c1-14-7-5(8(9)10)11-2-4(3-12)6(7)13/h2,8,12H,3H2,1H3,(H,11,13). The summed E-state index contributed by atoms with van der Waals surface area (Å²) in [6.07, 6.45) is -1.77. The Bertz CT molecular complexity index is 375. The van der Waals surface area contributed by atoms with Gasteiger partial charge >= 0.3 is 0 Å². The van der Waals surface area contributed by atoms with Crippen LogP contribution in [0.4, 0.5) is 8.78 Å². The zero-order chi connectivity index (χ0) is 10.7. The number of aliphatic hydroxyl groups is 1. The Morgan fingerprint density at radius 1 is 1.64 bits per heavy atom. The third-order valence-corrected chi connectivity index (χ3v) is 1.74. The number of aliphatic hydroxyl groups excluding tert-OH is 1. The van der Waals surface area contributed by atoms with Gasteiger partial charge in [-0.15, -0.1) is 0 Å². The van der Waals surface area contributed by atoms with Crippen molar-refractivity contribution < 1.29 is 18.6 Å². The van der Waals surface area contributed by atoms with Crippen molar-refractivity contribution in [3.05, 3.63) is 27.7 Å². The summed E-state index contributed by atoms with van der Waals surface area (Å²) < 4.78 is 29.2. The molecule has 0 saturated heterocycles. The maximum Gasteiger partial charge on any atom is 0.282 e. The van der Waals surface area contributed by atoms with Gasteiger partial charge in [-0.05, 0) is 0 Å². The van der Waals surface area contributed by atoms with Crippen molar-refractivity contribution in [1.82, 2.24) is 4.98 Å². The van der Waals surface area contributed by atoms with Gasteiger partial charge in [0.25, 0.3) is 6.43 Å². The first-order valence-corrected chi connectivity index (χ1v) is 3.79. The quantitative estimate of drug-likeness (QED) is 0.767. The molecule has 6 heteroatoms. The maximum absolute atomic E-state index is 12.3. The fourth-order valence-corrected chi connectivity index (χ4v) is 1.05. The van der Waals surface area contributed by atoms with Crippen molar-refractivity contribution in [3.63, 3.8) is 0 Å². The molecule has 14 heavy (non-hydrogen) atoms. The average molecular weight is 205 g/mol. The SMILES string of the molecule is COc1c(C(F)F)[nH]cc(CO)c1=O. The molecule has 0 unspecified atom stereocenters. The molecular weight excluding hydrogens is 196 g/mol. The van der Waals surface area contributed by atoms with Gasteiger partial charge in [-0.2, -0.15) is 0 Å². The van der Waals surface area contributed by atoms with Crippen molar-refractivity contribution in [1.29, 1.82) is 0 Å². The molecule has 0 fully saturated rings. The molecule has 0 bridgehead atoms.